The van der Waals surface area contributed by atoms with E-state index in [1.165, 1.54) is 18.4 Å². The van der Waals surface area contributed by atoms with Crippen LogP contribution in [0, 0.1) is 17.8 Å². The molecule has 2 fully saturated rings. The van der Waals surface area contributed by atoms with E-state index in [4.69, 9.17) is 0 Å². The molecule has 32 heavy (non-hydrogen) atoms. The summed E-state index contributed by atoms with van der Waals surface area (Å²) in [6, 6.07) is 10.0. The molecule has 0 heterocycles. The van der Waals surface area contributed by atoms with E-state index in [9.17, 15) is 19.8 Å². The summed E-state index contributed by atoms with van der Waals surface area (Å²) in [5.74, 6) is 0.573. The Morgan fingerprint density at radius 3 is 2.62 bits per heavy atom. The first kappa shape index (κ1) is 24.7. The number of carbonyl (C=O) groups is 2. The SMILES string of the molecule is O=C(CCCCCCC1C(/C=C/C(O)CCc2ccccc2)C(=O)C[C@@H]1O)NCC1CC1. The molecule has 5 heteroatoms. The van der Waals surface area contributed by atoms with Crippen LogP contribution in [0.2, 0.25) is 0 Å². The van der Waals surface area contributed by atoms with Crippen molar-refractivity contribution in [2.45, 2.75) is 82.8 Å². The second-order valence-corrected chi connectivity index (χ2v) is 9.60. The fourth-order valence-corrected chi connectivity index (χ4v) is 4.58. The Bertz CT molecular complexity index is 743. The highest BCUT2D eigenvalue weighted by Gasteiger charge is 2.39. The average Bonchev–Trinajstić information content (AvgIpc) is 3.58. The molecule has 1 amide bonds. The number of amides is 1. The molecule has 2 aliphatic carbocycles. The number of aliphatic hydroxyl groups excluding tert-OH is 2. The quantitative estimate of drug-likeness (QED) is 0.301. The van der Waals surface area contributed by atoms with Gasteiger partial charge in [0.25, 0.3) is 0 Å². The Balaban J connectivity index is 1.33. The lowest BCUT2D eigenvalue weighted by Gasteiger charge is -2.19. The van der Waals surface area contributed by atoms with Gasteiger partial charge >= 0.3 is 0 Å². The van der Waals surface area contributed by atoms with Crippen LogP contribution in [-0.4, -0.2) is 40.7 Å². The molecule has 0 aromatic heterocycles. The van der Waals surface area contributed by atoms with E-state index < -0.39 is 12.2 Å². The first-order valence-electron chi connectivity index (χ1n) is 12.4. The largest absolute Gasteiger partial charge is 0.392 e. The smallest absolute Gasteiger partial charge is 0.220 e. The van der Waals surface area contributed by atoms with Crippen LogP contribution < -0.4 is 5.32 Å². The van der Waals surface area contributed by atoms with E-state index in [1.54, 1.807) is 6.08 Å². The lowest BCUT2D eigenvalue weighted by Crippen LogP contribution is -2.25. The summed E-state index contributed by atoms with van der Waals surface area (Å²) in [5, 5.41) is 23.7. The van der Waals surface area contributed by atoms with Gasteiger partial charge in [0.2, 0.25) is 5.91 Å². The predicted octanol–water partition coefficient (Wildman–Crippen LogP) is 3.97. The fraction of sp³-hybridized carbons (Fsp3) is 0.630. The molecule has 1 aromatic carbocycles. The van der Waals surface area contributed by atoms with Gasteiger partial charge in [0.05, 0.1) is 12.2 Å². The molecule has 0 spiro atoms. The van der Waals surface area contributed by atoms with Gasteiger partial charge < -0.3 is 15.5 Å². The number of nitrogens with one attached hydrogen (secondary N) is 1. The van der Waals surface area contributed by atoms with Crippen molar-refractivity contribution in [1.82, 2.24) is 5.32 Å². The van der Waals surface area contributed by atoms with Crippen molar-refractivity contribution in [1.29, 1.82) is 0 Å². The van der Waals surface area contributed by atoms with Crippen LogP contribution in [0.3, 0.4) is 0 Å². The summed E-state index contributed by atoms with van der Waals surface area (Å²) in [7, 11) is 0. The summed E-state index contributed by atoms with van der Waals surface area (Å²) >= 11 is 0. The molecule has 3 rings (SSSR count). The molecule has 1 aromatic rings. The minimum atomic E-state index is -0.591. The number of benzene rings is 1. The Labute approximate surface area is 192 Å². The number of ketones is 1. The number of allylic oxidation sites excluding steroid dienone is 1. The molecule has 0 aliphatic heterocycles. The number of unbranched alkanes of at least 4 members (excludes halogenated alkanes) is 3. The number of carbonyl (C=O) groups excluding carboxylic acids is 2. The maximum atomic E-state index is 12.4. The van der Waals surface area contributed by atoms with Gasteiger partial charge in [-0.3, -0.25) is 9.59 Å². The zero-order chi connectivity index (χ0) is 22.8. The van der Waals surface area contributed by atoms with E-state index in [0.29, 0.717) is 18.8 Å². The van der Waals surface area contributed by atoms with Crippen LogP contribution in [0.5, 0.6) is 0 Å². The zero-order valence-electron chi connectivity index (χ0n) is 19.1. The summed E-state index contributed by atoms with van der Waals surface area (Å²) in [6.45, 7) is 0.836. The van der Waals surface area contributed by atoms with Crippen molar-refractivity contribution in [2.24, 2.45) is 17.8 Å². The van der Waals surface area contributed by atoms with Crippen LogP contribution in [-0.2, 0) is 16.0 Å². The number of hydrogen-bond donors (Lipinski definition) is 3. The lowest BCUT2D eigenvalue weighted by atomic mass is 9.88. The molecule has 0 saturated heterocycles. The number of Topliss-reactive ketones (excluding diaryl/α,β-unsaturated/α-hetero) is 1. The second-order valence-electron chi connectivity index (χ2n) is 9.60. The molecular weight excluding hydrogens is 402 g/mol. The van der Waals surface area contributed by atoms with Crippen molar-refractivity contribution in [3.8, 4) is 0 Å². The van der Waals surface area contributed by atoms with Gasteiger partial charge in [-0.05, 0) is 55.9 Å². The molecular formula is C27H39NO4. The Hall–Kier alpha value is -1.98. The van der Waals surface area contributed by atoms with Gasteiger partial charge in [-0.15, -0.1) is 0 Å². The second kappa shape index (κ2) is 12.9. The van der Waals surface area contributed by atoms with Gasteiger partial charge in [-0.2, -0.15) is 0 Å². The zero-order valence-corrected chi connectivity index (χ0v) is 19.1. The van der Waals surface area contributed by atoms with Gasteiger partial charge in [0.15, 0.2) is 0 Å². The van der Waals surface area contributed by atoms with Gasteiger partial charge in [-0.1, -0.05) is 61.7 Å². The third-order valence-electron chi connectivity index (χ3n) is 6.83. The first-order chi connectivity index (χ1) is 15.5. The van der Waals surface area contributed by atoms with E-state index in [2.05, 4.69) is 5.32 Å². The van der Waals surface area contributed by atoms with E-state index in [0.717, 1.165) is 45.1 Å². The summed E-state index contributed by atoms with van der Waals surface area (Å²) in [6.07, 6.45) is 11.7. The predicted molar refractivity (Wildman–Crippen MR) is 126 cm³/mol. The highest BCUT2D eigenvalue weighted by atomic mass is 16.3. The van der Waals surface area contributed by atoms with E-state index in [-0.39, 0.29) is 29.9 Å². The van der Waals surface area contributed by atoms with Crippen molar-refractivity contribution < 1.29 is 19.8 Å². The lowest BCUT2D eigenvalue weighted by molar-refractivity contribution is -0.121. The van der Waals surface area contributed by atoms with Crippen LogP contribution in [0.15, 0.2) is 42.5 Å². The first-order valence-corrected chi connectivity index (χ1v) is 12.4. The number of aliphatic hydroxyl groups is 2. The minimum absolute atomic E-state index is 0.0677. The highest BCUT2D eigenvalue weighted by molar-refractivity contribution is 5.86. The maximum Gasteiger partial charge on any atom is 0.220 e. The Morgan fingerprint density at radius 1 is 1.12 bits per heavy atom. The van der Waals surface area contributed by atoms with Gasteiger partial charge in [-0.25, -0.2) is 0 Å². The van der Waals surface area contributed by atoms with Crippen molar-refractivity contribution in [3.05, 3.63) is 48.0 Å². The van der Waals surface area contributed by atoms with Crippen LogP contribution in [0.25, 0.3) is 0 Å². The van der Waals surface area contributed by atoms with Crippen LogP contribution >= 0.6 is 0 Å². The number of rotatable bonds is 14. The molecule has 5 nitrogen and oxygen atoms in total. The third-order valence-corrected chi connectivity index (χ3v) is 6.83. The summed E-state index contributed by atoms with van der Waals surface area (Å²) in [5.41, 5.74) is 1.19. The third kappa shape index (κ3) is 8.51. The number of hydrogen-bond acceptors (Lipinski definition) is 4. The normalized spacial score (nSPS) is 24.2. The van der Waals surface area contributed by atoms with E-state index in [1.807, 2.05) is 36.4 Å². The molecule has 2 saturated carbocycles. The maximum absolute atomic E-state index is 12.4. The highest BCUT2D eigenvalue weighted by Crippen LogP contribution is 2.34. The van der Waals surface area contributed by atoms with Crippen molar-refractivity contribution in [3.63, 3.8) is 0 Å². The van der Waals surface area contributed by atoms with Crippen LogP contribution in [0.1, 0.15) is 69.8 Å². The molecule has 3 unspecified atom stereocenters. The fourth-order valence-electron chi connectivity index (χ4n) is 4.58. The average molecular weight is 442 g/mol. The molecule has 176 valence electrons. The van der Waals surface area contributed by atoms with E-state index >= 15 is 0 Å². The Morgan fingerprint density at radius 2 is 1.88 bits per heavy atom. The topological polar surface area (TPSA) is 86.6 Å². The van der Waals surface area contributed by atoms with Gasteiger partial charge in [0, 0.05) is 25.3 Å². The minimum Gasteiger partial charge on any atom is -0.392 e. The standard InChI is InChI=1S/C27H39NO4/c29-22(15-14-20-8-4-3-5-9-20)16-17-24-23(25(30)18-26(24)31)10-6-1-2-7-11-27(32)28-19-21-12-13-21/h3-5,8-9,16-17,21-25,29-30H,1-2,6-7,10-15,18-19H2,(H,28,32)/b17-16+/t22?,23?,24?,25-/m0/s1. The molecule has 3 N–H and O–H groups in total. The molecule has 0 radical (unpaired) electrons. The molecule has 2 aliphatic rings. The summed E-state index contributed by atoms with van der Waals surface area (Å²) < 4.78 is 0. The monoisotopic (exact) mass is 441 g/mol. The Kier molecular flexibility index (Phi) is 9.94. The molecule has 4 atom stereocenters. The van der Waals surface area contributed by atoms with Crippen LogP contribution in [0.4, 0.5) is 0 Å². The summed E-state index contributed by atoms with van der Waals surface area (Å²) in [4.78, 5) is 24.2. The van der Waals surface area contributed by atoms with Gasteiger partial charge in [0.1, 0.15) is 5.78 Å². The molecule has 0 bridgehead atoms. The van der Waals surface area contributed by atoms with Crippen molar-refractivity contribution >= 4 is 11.7 Å². The van der Waals surface area contributed by atoms with Crippen molar-refractivity contribution in [2.75, 3.05) is 6.54 Å². The number of aryl methyl sites for hydroxylation is 1.